The fourth-order valence-corrected chi connectivity index (χ4v) is 4.63. The van der Waals surface area contributed by atoms with Gasteiger partial charge in [-0.15, -0.1) is 0 Å². The third-order valence-electron chi connectivity index (χ3n) is 5.34. The summed E-state index contributed by atoms with van der Waals surface area (Å²) in [5.74, 6) is -0.257. The first-order valence-electron chi connectivity index (χ1n) is 10.3. The highest BCUT2D eigenvalue weighted by Gasteiger charge is 2.35. The molecule has 1 heterocycles. The van der Waals surface area contributed by atoms with E-state index in [1.165, 1.54) is 31.4 Å². The molecule has 1 aliphatic heterocycles. The van der Waals surface area contributed by atoms with Gasteiger partial charge in [-0.05, 0) is 60.7 Å². The van der Waals surface area contributed by atoms with Gasteiger partial charge in [-0.2, -0.15) is 0 Å². The zero-order valence-corrected chi connectivity index (χ0v) is 18.7. The van der Waals surface area contributed by atoms with Crippen LogP contribution >= 0.6 is 0 Å². The number of nitrogens with zero attached hydrogens (tertiary/aromatic N) is 1. The summed E-state index contributed by atoms with van der Waals surface area (Å²) in [5.41, 5.74) is 1.62. The maximum absolute atomic E-state index is 12.7. The largest absolute Gasteiger partial charge is 0.497 e. The van der Waals surface area contributed by atoms with Gasteiger partial charge in [-0.1, -0.05) is 18.2 Å². The highest BCUT2D eigenvalue weighted by molar-refractivity contribution is 7.92. The summed E-state index contributed by atoms with van der Waals surface area (Å²) in [5, 5.41) is 2.77. The molecule has 170 valence electrons. The molecule has 0 aromatic heterocycles. The number of methoxy groups -OCH3 is 1. The molecule has 1 aliphatic rings. The van der Waals surface area contributed by atoms with Crippen LogP contribution in [0.2, 0.25) is 0 Å². The first-order valence-corrected chi connectivity index (χ1v) is 11.8. The average Bonchev–Trinajstić information content (AvgIpc) is 3.22. The van der Waals surface area contributed by atoms with Crippen molar-refractivity contribution in [2.75, 3.05) is 28.6 Å². The van der Waals surface area contributed by atoms with Gasteiger partial charge in [0.05, 0.1) is 17.9 Å². The minimum Gasteiger partial charge on any atom is -0.497 e. The number of carbonyl (C=O) groups is 2. The van der Waals surface area contributed by atoms with E-state index in [2.05, 4.69) is 10.0 Å². The van der Waals surface area contributed by atoms with Gasteiger partial charge in [-0.3, -0.25) is 14.3 Å². The van der Waals surface area contributed by atoms with Crippen molar-refractivity contribution >= 4 is 38.9 Å². The molecule has 0 spiro atoms. The van der Waals surface area contributed by atoms with Gasteiger partial charge in [0, 0.05) is 30.0 Å². The number of hydrogen-bond acceptors (Lipinski definition) is 5. The number of rotatable bonds is 7. The minimum absolute atomic E-state index is 0.0580. The van der Waals surface area contributed by atoms with Crippen LogP contribution in [0.1, 0.15) is 6.42 Å². The monoisotopic (exact) mass is 465 g/mol. The Morgan fingerprint density at radius 1 is 0.939 bits per heavy atom. The fraction of sp³-hybridized carbons (Fsp3) is 0.167. The number of sulfonamides is 1. The smallest absolute Gasteiger partial charge is 0.261 e. The van der Waals surface area contributed by atoms with Crippen molar-refractivity contribution in [3.63, 3.8) is 0 Å². The summed E-state index contributed by atoms with van der Waals surface area (Å²) in [7, 11) is -2.26. The summed E-state index contributed by atoms with van der Waals surface area (Å²) < 4.78 is 32.8. The number of anilines is 3. The molecule has 1 atom stereocenters. The lowest BCUT2D eigenvalue weighted by Gasteiger charge is -2.16. The lowest BCUT2D eigenvalue weighted by Crippen LogP contribution is -2.28. The van der Waals surface area contributed by atoms with Crippen molar-refractivity contribution in [2.24, 2.45) is 5.92 Å². The molecule has 3 aromatic carbocycles. The Morgan fingerprint density at radius 2 is 1.58 bits per heavy atom. The maximum atomic E-state index is 12.7. The summed E-state index contributed by atoms with van der Waals surface area (Å²) in [6.07, 6.45) is 0.124. The standard InChI is InChI=1S/C24H23N3O5S/c1-32-21-11-7-19(8-12-21)26-33(30,31)22-13-9-18(10-14-22)25-24(29)17-15-23(28)27(16-17)20-5-3-2-4-6-20/h2-14,17,26H,15-16H2,1H3,(H,25,29). The van der Waals surface area contributed by atoms with Gasteiger partial charge in [0.15, 0.2) is 0 Å². The first kappa shape index (κ1) is 22.3. The van der Waals surface area contributed by atoms with E-state index in [0.717, 1.165) is 5.69 Å². The van der Waals surface area contributed by atoms with Crippen LogP contribution in [0.4, 0.5) is 17.1 Å². The van der Waals surface area contributed by atoms with E-state index in [9.17, 15) is 18.0 Å². The molecule has 2 N–H and O–H groups in total. The van der Waals surface area contributed by atoms with Crippen molar-refractivity contribution in [3.8, 4) is 5.75 Å². The Hall–Kier alpha value is -3.85. The second-order valence-electron chi connectivity index (χ2n) is 7.59. The summed E-state index contributed by atoms with van der Waals surface area (Å²) in [6, 6.07) is 21.6. The quantitative estimate of drug-likeness (QED) is 0.556. The van der Waals surface area contributed by atoms with E-state index >= 15 is 0 Å². The number of amides is 2. The molecular formula is C24H23N3O5S. The van der Waals surface area contributed by atoms with E-state index in [-0.39, 0.29) is 23.1 Å². The van der Waals surface area contributed by atoms with E-state index in [1.807, 2.05) is 30.3 Å². The SMILES string of the molecule is COc1ccc(NS(=O)(=O)c2ccc(NC(=O)C3CC(=O)N(c4ccccc4)C3)cc2)cc1. The number of ether oxygens (including phenoxy) is 1. The molecular weight excluding hydrogens is 442 g/mol. The molecule has 0 bridgehead atoms. The van der Waals surface area contributed by atoms with Gasteiger partial charge in [0.1, 0.15) is 5.75 Å². The van der Waals surface area contributed by atoms with E-state index in [0.29, 0.717) is 23.7 Å². The van der Waals surface area contributed by atoms with Crippen molar-refractivity contribution < 1.29 is 22.7 Å². The lowest BCUT2D eigenvalue weighted by atomic mass is 10.1. The summed E-state index contributed by atoms with van der Waals surface area (Å²) in [6.45, 7) is 0.299. The first-order chi connectivity index (χ1) is 15.9. The molecule has 0 aliphatic carbocycles. The highest BCUT2D eigenvalue weighted by Crippen LogP contribution is 2.26. The van der Waals surface area contributed by atoms with Crippen LogP contribution < -0.4 is 19.7 Å². The van der Waals surface area contributed by atoms with Crippen molar-refractivity contribution in [3.05, 3.63) is 78.9 Å². The second-order valence-corrected chi connectivity index (χ2v) is 9.27. The third kappa shape index (κ3) is 5.15. The van der Waals surface area contributed by atoms with Crippen LogP contribution in [-0.4, -0.2) is 33.9 Å². The molecule has 0 radical (unpaired) electrons. The lowest BCUT2D eigenvalue weighted by molar-refractivity contribution is -0.122. The van der Waals surface area contributed by atoms with Gasteiger partial charge in [0.2, 0.25) is 11.8 Å². The van der Waals surface area contributed by atoms with Crippen LogP contribution in [0.25, 0.3) is 0 Å². The van der Waals surface area contributed by atoms with Gasteiger partial charge >= 0.3 is 0 Å². The maximum Gasteiger partial charge on any atom is 0.261 e. The molecule has 0 saturated carbocycles. The number of nitrogens with one attached hydrogen (secondary N) is 2. The zero-order valence-electron chi connectivity index (χ0n) is 17.9. The van der Waals surface area contributed by atoms with Crippen LogP contribution in [0.5, 0.6) is 5.75 Å². The van der Waals surface area contributed by atoms with Gasteiger partial charge in [-0.25, -0.2) is 8.42 Å². The molecule has 1 saturated heterocycles. The molecule has 4 rings (SSSR count). The van der Waals surface area contributed by atoms with E-state index in [4.69, 9.17) is 4.74 Å². The Balaban J connectivity index is 1.39. The predicted molar refractivity (Wildman–Crippen MR) is 126 cm³/mol. The summed E-state index contributed by atoms with van der Waals surface area (Å²) >= 11 is 0. The fourth-order valence-electron chi connectivity index (χ4n) is 3.58. The molecule has 1 fully saturated rings. The number of para-hydroxylation sites is 1. The normalized spacial score (nSPS) is 15.8. The summed E-state index contributed by atoms with van der Waals surface area (Å²) in [4.78, 5) is 26.7. The Kier molecular flexibility index (Phi) is 6.32. The molecule has 9 heteroatoms. The zero-order chi connectivity index (χ0) is 23.4. The molecule has 33 heavy (non-hydrogen) atoms. The van der Waals surface area contributed by atoms with Crippen LogP contribution in [-0.2, 0) is 19.6 Å². The van der Waals surface area contributed by atoms with Crippen molar-refractivity contribution in [2.45, 2.75) is 11.3 Å². The Bertz CT molecular complexity index is 1240. The Labute approximate surface area is 192 Å². The molecule has 1 unspecified atom stereocenters. The predicted octanol–water partition coefficient (Wildman–Crippen LogP) is 3.49. The number of hydrogen-bond donors (Lipinski definition) is 2. The third-order valence-corrected chi connectivity index (χ3v) is 6.74. The van der Waals surface area contributed by atoms with Crippen molar-refractivity contribution in [1.82, 2.24) is 0 Å². The highest BCUT2D eigenvalue weighted by atomic mass is 32.2. The minimum atomic E-state index is -3.79. The van der Waals surface area contributed by atoms with E-state index in [1.54, 1.807) is 29.2 Å². The van der Waals surface area contributed by atoms with Gasteiger partial charge in [0.25, 0.3) is 10.0 Å². The molecule has 3 aromatic rings. The second kappa shape index (κ2) is 9.33. The van der Waals surface area contributed by atoms with Crippen LogP contribution in [0, 0.1) is 5.92 Å². The number of benzene rings is 3. The van der Waals surface area contributed by atoms with Crippen LogP contribution in [0.3, 0.4) is 0 Å². The Morgan fingerprint density at radius 3 is 2.21 bits per heavy atom. The topological polar surface area (TPSA) is 105 Å². The molecule has 8 nitrogen and oxygen atoms in total. The van der Waals surface area contributed by atoms with Crippen LogP contribution in [0.15, 0.2) is 83.8 Å². The number of carbonyl (C=O) groups excluding carboxylic acids is 2. The van der Waals surface area contributed by atoms with E-state index < -0.39 is 15.9 Å². The molecule has 2 amide bonds. The van der Waals surface area contributed by atoms with Gasteiger partial charge < -0.3 is 15.0 Å². The average molecular weight is 466 g/mol. The van der Waals surface area contributed by atoms with Crippen molar-refractivity contribution in [1.29, 1.82) is 0 Å².